The molecule has 0 aliphatic heterocycles. The number of nitrogens with zero attached hydrogens (tertiary/aromatic N) is 4. The fourth-order valence-corrected chi connectivity index (χ4v) is 3.96. The molecular formula is C22H24N6O5S. The van der Waals surface area contributed by atoms with Crippen molar-refractivity contribution in [3.05, 3.63) is 69.5 Å². The van der Waals surface area contributed by atoms with Gasteiger partial charge in [-0.05, 0) is 45.0 Å². The number of phenols is 1. The Morgan fingerprint density at radius 2 is 1.91 bits per heavy atom. The summed E-state index contributed by atoms with van der Waals surface area (Å²) in [5, 5.41) is 34.8. The number of amides is 2. The van der Waals surface area contributed by atoms with E-state index in [1.54, 1.807) is 19.1 Å². The molecule has 0 spiro atoms. The van der Waals surface area contributed by atoms with E-state index in [0.29, 0.717) is 23.1 Å². The Hall–Kier alpha value is -3.93. The summed E-state index contributed by atoms with van der Waals surface area (Å²) in [6, 6.07) is 10.4. The van der Waals surface area contributed by atoms with E-state index < -0.39 is 28.3 Å². The topological polar surface area (TPSA) is 152 Å². The fourth-order valence-electron chi connectivity index (χ4n) is 3.15. The van der Waals surface area contributed by atoms with E-state index in [1.807, 2.05) is 30.5 Å². The SMILES string of the molecule is CCn1c(SCC(=O)Nc2ccc(O)c([N+](=O)[O-])c2)nnc1[C@H](C)NC(=O)c1ccc(C)cc1. The van der Waals surface area contributed by atoms with Crippen LogP contribution >= 0.6 is 11.8 Å². The minimum atomic E-state index is -0.732. The summed E-state index contributed by atoms with van der Waals surface area (Å²) in [4.78, 5) is 35.1. The van der Waals surface area contributed by atoms with Crippen LogP contribution < -0.4 is 10.6 Å². The third-order valence-corrected chi connectivity index (χ3v) is 5.87. The number of aromatic nitrogens is 3. The Bertz CT molecular complexity index is 1210. The van der Waals surface area contributed by atoms with Gasteiger partial charge in [0.2, 0.25) is 5.91 Å². The van der Waals surface area contributed by atoms with E-state index >= 15 is 0 Å². The lowest BCUT2D eigenvalue weighted by Gasteiger charge is -2.15. The van der Waals surface area contributed by atoms with Crippen molar-refractivity contribution in [3.8, 4) is 5.75 Å². The van der Waals surface area contributed by atoms with E-state index in [0.717, 1.165) is 29.5 Å². The summed E-state index contributed by atoms with van der Waals surface area (Å²) < 4.78 is 1.81. The van der Waals surface area contributed by atoms with Crippen molar-refractivity contribution in [1.29, 1.82) is 0 Å². The molecule has 11 nitrogen and oxygen atoms in total. The minimum Gasteiger partial charge on any atom is -0.502 e. The second kappa shape index (κ2) is 10.8. The van der Waals surface area contributed by atoms with Crippen molar-refractivity contribution in [2.24, 2.45) is 0 Å². The van der Waals surface area contributed by atoms with E-state index in [9.17, 15) is 24.8 Å². The maximum atomic E-state index is 12.5. The normalized spacial score (nSPS) is 11.6. The molecule has 0 aliphatic rings. The predicted molar refractivity (Wildman–Crippen MR) is 127 cm³/mol. The first-order chi connectivity index (χ1) is 16.2. The van der Waals surface area contributed by atoms with Gasteiger partial charge in [-0.25, -0.2) is 0 Å². The molecular weight excluding hydrogens is 460 g/mol. The second-order valence-electron chi connectivity index (χ2n) is 7.44. The van der Waals surface area contributed by atoms with E-state index in [1.165, 1.54) is 6.07 Å². The van der Waals surface area contributed by atoms with Crippen molar-refractivity contribution in [3.63, 3.8) is 0 Å². The molecule has 0 unspecified atom stereocenters. The standard InChI is InChI=1S/C22H24N6O5S/c1-4-27-20(14(3)23-21(31)15-7-5-13(2)6-8-15)25-26-22(27)34-12-19(30)24-16-9-10-18(29)17(11-16)28(32)33/h5-11,14,29H,4,12H2,1-3H3,(H,23,31)(H,24,30)/t14-/m0/s1. The maximum absolute atomic E-state index is 12.5. The van der Waals surface area contributed by atoms with E-state index in [2.05, 4.69) is 20.8 Å². The quantitative estimate of drug-likeness (QED) is 0.181. The number of thioether (sulfide) groups is 1. The van der Waals surface area contributed by atoms with E-state index in [4.69, 9.17) is 0 Å². The number of aryl methyl sites for hydroxylation is 1. The summed E-state index contributed by atoms with van der Waals surface area (Å²) in [6.07, 6.45) is 0. The van der Waals surface area contributed by atoms with Crippen molar-refractivity contribution < 1.29 is 19.6 Å². The first kappa shape index (κ1) is 24.7. The van der Waals surface area contributed by atoms with Gasteiger partial charge >= 0.3 is 5.69 Å². The van der Waals surface area contributed by atoms with Gasteiger partial charge in [0, 0.05) is 23.9 Å². The Kier molecular flexibility index (Phi) is 7.84. The van der Waals surface area contributed by atoms with Gasteiger partial charge in [-0.15, -0.1) is 10.2 Å². The molecule has 2 amide bonds. The van der Waals surface area contributed by atoms with Crippen LogP contribution in [0.4, 0.5) is 11.4 Å². The molecule has 0 radical (unpaired) electrons. The molecule has 3 rings (SSSR count). The smallest absolute Gasteiger partial charge is 0.312 e. The lowest BCUT2D eigenvalue weighted by molar-refractivity contribution is -0.385. The summed E-state index contributed by atoms with van der Waals surface area (Å²) in [5.41, 5.74) is 1.30. The number of hydrogen-bond acceptors (Lipinski definition) is 8. The van der Waals surface area contributed by atoms with Crippen LogP contribution in [0.1, 0.15) is 41.6 Å². The zero-order valence-corrected chi connectivity index (χ0v) is 19.6. The van der Waals surface area contributed by atoms with Gasteiger partial charge in [-0.3, -0.25) is 19.7 Å². The Morgan fingerprint density at radius 3 is 2.56 bits per heavy atom. The van der Waals surface area contributed by atoms with Crippen molar-refractivity contribution >= 4 is 35.0 Å². The monoisotopic (exact) mass is 484 g/mol. The van der Waals surface area contributed by atoms with Gasteiger partial charge in [0.25, 0.3) is 5.91 Å². The largest absolute Gasteiger partial charge is 0.502 e. The predicted octanol–water partition coefficient (Wildman–Crippen LogP) is 3.44. The van der Waals surface area contributed by atoms with Crippen LogP contribution in [-0.4, -0.2) is 42.4 Å². The van der Waals surface area contributed by atoms with Gasteiger partial charge in [0.05, 0.1) is 16.7 Å². The highest BCUT2D eigenvalue weighted by Gasteiger charge is 2.21. The zero-order valence-electron chi connectivity index (χ0n) is 18.8. The van der Waals surface area contributed by atoms with Crippen LogP contribution in [0.25, 0.3) is 0 Å². The van der Waals surface area contributed by atoms with Crippen LogP contribution in [0.5, 0.6) is 5.75 Å². The molecule has 0 aliphatic carbocycles. The van der Waals surface area contributed by atoms with Crippen molar-refractivity contribution in [2.75, 3.05) is 11.1 Å². The molecule has 0 bridgehead atoms. The molecule has 1 atom stereocenters. The third-order valence-electron chi connectivity index (χ3n) is 4.90. The number of benzene rings is 2. The van der Waals surface area contributed by atoms with Gasteiger partial charge in [-0.1, -0.05) is 29.5 Å². The Balaban J connectivity index is 1.63. The Morgan fingerprint density at radius 1 is 1.21 bits per heavy atom. The molecule has 2 aromatic carbocycles. The van der Waals surface area contributed by atoms with Gasteiger partial charge in [0.1, 0.15) is 0 Å². The average Bonchev–Trinajstić information content (AvgIpc) is 3.22. The number of aromatic hydroxyl groups is 1. The first-order valence-corrected chi connectivity index (χ1v) is 11.4. The number of nitrogens with one attached hydrogen (secondary N) is 2. The maximum Gasteiger partial charge on any atom is 0.312 e. The highest BCUT2D eigenvalue weighted by atomic mass is 32.2. The number of nitro groups is 1. The van der Waals surface area contributed by atoms with Crippen LogP contribution in [-0.2, 0) is 11.3 Å². The highest BCUT2D eigenvalue weighted by molar-refractivity contribution is 7.99. The summed E-state index contributed by atoms with van der Waals surface area (Å²) >= 11 is 1.15. The van der Waals surface area contributed by atoms with Crippen molar-refractivity contribution in [2.45, 2.75) is 38.5 Å². The number of rotatable bonds is 9. The van der Waals surface area contributed by atoms with Crippen LogP contribution in [0.2, 0.25) is 0 Å². The lowest BCUT2D eigenvalue weighted by atomic mass is 10.1. The molecule has 1 aromatic heterocycles. The van der Waals surface area contributed by atoms with Gasteiger partial charge < -0.3 is 20.3 Å². The molecule has 3 aromatic rings. The number of nitro benzene ring substituents is 1. The summed E-state index contributed by atoms with van der Waals surface area (Å²) in [7, 11) is 0. The fraction of sp³-hybridized carbons (Fsp3) is 0.273. The third kappa shape index (κ3) is 5.90. The van der Waals surface area contributed by atoms with Gasteiger partial charge in [0.15, 0.2) is 16.7 Å². The number of anilines is 1. The lowest BCUT2D eigenvalue weighted by Crippen LogP contribution is -2.28. The minimum absolute atomic E-state index is 0.0170. The molecule has 0 saturated heterocycles. The second-order valence-corrected chi connectivity index (χ2v) is 8.39. The molecule has 3 N–H and O–H groups in total. The Labute approximate surface area is 199 Å². The first-order valence-electron chi connectivity index (χ1n) is 10.4. The number of hydrogen-bond donors (Lipinski definition) is 3. The van der Waals surface area contributed by atoms with Crippen molar-refractivity contribution in [1.82, 2.24) is 20.1 Å². The molecule has 34 heavy (non-hydrogen) atoms. The highest BCUT2D eigenvalue weighted by Crippen LogP contribution is 2.29. The van der Waals surface area contributed by atoms with Gasteiger partial charge in [-0.2, -0.15) is 0 Å². The van der Waals surface area contributed by atoms with Crippen LogP contribution in [0.15, 0.2) is 47.6 Å². The molecule has 178 valence electrons. The average molecular weight is 485 g/mol. The summed E-state index contributed by atoms with van der Waals surface area (Å²) in [5.74, 6) is -0.575. The van der Waals surface area contributed by atoms with E-state index in [-0.39, 0.29) is 17.3 Å². The summed E-state index contributed by atoms with van der Waals surface area (Å²) in [6.45, 7) is 6.19. The molecule has 12 heteroatoms. The van der Waals surface area contributed by atoms with Crippen LogP contribution in [0.3, 0.4) is 0 Å². The molecule has 0 fully saturated rings. The molecule has 1 heterocycles. The zero-order chi connectivity index (χ0) is 24.8. The number of carbonyl (C=O) groups excluding carboxylic acids is 2. The number of phenolic OH excluding ortho intramolecular Hbond substituents is 1. The number of carbonyl (C=O) groups is 2. The molecule has 0 saturated carbocycles. The van der Waals surface area contributed by atoms with Crippen LogP contribution in [0, 0.1) is 17.0 Å².